The van der Waals surface area contributed by atoms with E-state index in [2.05, 4.69) is 15.9 Å². The summed E-state index contributed by atoms with van der Waals surface area (Å²) in [5, 5.41) is 0.858. The molecule has 0 unspecified atom stereocenters. The zero-order valence-electron chi connectivity index (χ0n) is 5.69. The second kappa shape index (κ2) is 2.56. The Balaban J connectivity index is 2.38. The molecule has 1 heterocycles. The maximum Gasteiger partial charge on any atom is 0.163 e. The van der Waals surface area contributed by atoms with Crippen molar-refractivity contribution in [3.05, 3.63) is 0 Å². The lowest BCUT2D eigenvalue weighted by Gasteiger charge is -2.15. The van der Waals surface area contributed by atoms with Crippen LogP contribution in [0.1, 0.15) is 13.8 Å². The molecule has 9 heavy (non-hydrogen) atoms. The summed E-state index contributed by atoms with van der Waals surface area (Å²) >= 11 is 3.32. The minimum absolute atomic E-state index is 0.236. The number of ether oxygens (including phenoxy) is 2. The molecule has 1 atom stereocenters. The van der Waals surface area contributed by atoms with Crippen molar-refractivity contribution in [3.8, 4) is 0 Å². The molecule has 0 aromatic heterocycles. The quantitative estimate of drug-likeness (QED) is 0.590. The van der Waals surface area contributed by atoms with E-state index in [1.807, 2.05) is 13.8 Å². The molecule has 1 aliphatic rings. The van der Waals surface area contributed by atoms with Gasteiger partial charge in [-0.2, -0.15) is 0 Å². The van der Waals surface area contributed by atoms with E-state index in [1.54, 1.807) is 0 Å². The lowest BCUT2D eigenvalue weighted by atomic mass is 10.4. The highest BCUT2D eigenvalue weighted by Gasteiger charge is 2.31. The molecular formula is C6H11BrO2. The molecule has 1 saturated heterocycles. The van der Waals surface area contributed by atoms with Crippen LogP contribution in [0.2, 0.25) is 0 Å². The number of hydrogen-bond acceptors (Lipinski definition) is 2. The van der Waals surface area contributed by atoms with Crippen molar-refractivity contribution in [2.24, 2.45) is 0 Å². The van der Waals surface area contributed by atoms with Gasteiger partial charge in [0, 0.05) is 5.33 Å². The molecule has 0 aliphatic carbocycles. The van der Waals surface area contributed by atoms with Gasteiger partial charge in [-0.25, -0.2) is 0 Å². The standard InChI is InChI=1S/C6H11BrO2/c1-6(2)8-4-5(3-7)9-6/h5H,3-4H2,1-2H3/t5-/m1/s1. The molecule has 0 bridgehead atoms. The molecule has 0 spiro atoms. The summed E-state index contributed by atoms with van der Waals surface area (Å²) in [5.41, 5.74) is 0. The Hall–Kier alpha value is 0.400. The van der Waals surface area contributed by atoms with Crippen molar-refractivity contribution in [1.82, 2.24) is 0 Å². The van der Waals surface area contributed by atoms with Crippen LogP contribution in [0.25, 0.3) is 0 Å². The fourth-order valence-electron chi connectivity index (χ4n) is 0.839. The number of alkyl halides is 1. The Morgan fingerprint density at radius 1 is 1.67 bits per heavy atom. The number of rotatable bonds is 1. The normalized spacial score (nSPS) is 33.0. The average Bonchev–Trinajstić information content (AvgIpc) is 2.10. The Bertz CT molecular complexity index is 103. The second-order valence-electron chi connectivity index (χ2n) is 2.60. The van der Waals surface area contributed by atoms with Gasteiger partial charge in [-0.1, -0.05) is 15.9 Å². The summed E-state index contributed by atoms with van der Waals surface area (Å²) < 4.78 is 10.7. The van der Waals surface area contributed by atoms with Gasteiger partial charge in [-0.15, -0.1) is 0 Å². The molecule has 0 saturated carbocycles. The Morgan fingerprint density at radius 3 is 2.56 bits per heavy atom. The van der Waals surface area contributed by atoms with Crippen molar-refractivity contribution in [3.63, 3.8) is 0 Å². The topological polar surface area (TPSA) is 18.5 Å². The lowest BCUT2D eigenvalue weighted by molar-refractivity contribution is -0.135. The summed E-state index contributed by atoms with van der Waals surface area (Å²) in [6.45, 7) is 4.56. The largest absolute Gasteiger partial charge is 0.348 e. The maximum absolute atomic E-state index is 5.43. The van der Waals surface area contributed by atoms with Crippen LogP contribution in [0.15, 0.2) is 0 Å². The fraction of sp³-hybridized carbons (Fsp3) is 1.00. The maximum atomic E-state index is 5.43. The minimum atomic E-state index is -0.363. The van der Waals surface area contributed by atoms with E-state index in [9.17, 15) is 0 Å². The Labute approximate surface area is 63.7 Å². The van der Waals surface area contributed by atoms with E-state index in [0.29, 0.717) is 6.61 Å². The molecule has 1 fully saturated rings. The first-order valence-corrected chi connectivity index (χ1v) is 4.14. The summed E-state index contributed by atoms with van der Waals surface area (Å²) in [4.78, 5) is 0. The van der Waals surface area contributed by atoms with Gasteiger partial charge in [0.25, 0.3) is 0 Å². The highest BCUT2D eigenvalue weighted by atomic mass is 79.9. The predicted molar refractivity (Wildman–Crippen MR) is 38.7 cm³/mol. The SMILES string of the molecule is CC1(C)OC[C@@H](CBr)O1. The van der Waals surface area contributed by atoms with Crippen molar-refractivity contribution >= 4 is 15.9 Å². The van der Waals surface area contributed by atoms with Crippen molar-refractivity contribution in [1.29, 1.82) is 0 Å². The molecular weight excluding hydrogens is 184 g/mol. The first kappa shape index (κ1) is 7.51. The van der Waals surface area contributed by atoms with Gasteiger partial charge in [0.2, 0.25) is 0 Å². The van der Waals surface area contributed by atoms with E-state index in [-0.39, 0.29) is 11.9 Å². The third kappa shape index (κ3) is 1.92. The van der Waals surface area contributed by atoms with Crippen LogP contribution < -0.4 is 0 Å². The van der Waals surface area contributed by atoms with Gasteiger partial charge < -0.3 is 9.47 Å². The van der Waals surface area contributed by atoms with Gasteiger partial charge in [0.15, 0.2) is 5.79 Å². The first-order valence-electron chi connectivity index (χ1n) is 3.02. The molecule has 2 nitrogen and oxygen atoms in total. The summed E-state index contributed by atoms with van der Waals surface area (Å²) in [7, 11) is 0. The first-order chi connectivity index (χ1) is 4.14. The molecule has 0 amide bonds. The number of halogens is 1. The Morgan fingerprint density at radius 2 is 2.33 bits per heavy atom. The van der Waals surface area contributed by atoms with Crippen LogP contribution in [0.3, 0.4) is 0 Å². The van der Waals surface area contributed by atoms with Crippen LogP contribution in [-0.4, -0.2) is 23.8 Å². The zero-order valence-corrected chi connectivity index (χ0v) is 7.27. The predicted octanol–water partition coefficient (Wildman–Crippen LogP) is 1.53. The second-order valence-corrected chi connectivity index (χ2v) is 3.25. The summed E-state index contributed by atoms with van der Waals surface area (Å²) in [6, 6.07) is 0. The van der Waals surface area contributed by atoms with Crippen LogP contribution in [0.5, 0.6) is 0 Å². The van der Waals surface area contributed by atoms with Gasteiger partial charge in [0.05, 0.1) is 12.7 Å². The van der Waals surface area contributed by atoms with Crippen LogP contribution in [0.4, 0.5) is 0 Å². The molecule has 0 N–H and O–H groups in total. The molecule has 0 aromatic rings. The van der Waals surface area contributed by atoms with E-state index < -0.39 is 0 Å². The third-order valence-electron chi connectivity index (χ3n) is 1.24. The lowest BCUT2D eigenvalue weighted by Crippen LogP contribution is -2.21. The van der Waals surface area contributed by atoms with Gasteiger partial charge >= 0.3 is 0 Å². The van der Waals surface area contributed by atoms with E-state index in [0.717, 1.165) is 5.33 Å². The molecule has 54 valence electrons. The van der Waals surface area contributed by atoms with Gasteiger partial charge in [0.1, 0.15) is 0 Å². The summed E-state index contributed by atoms with van der Waals surface area (Å²) in [5.74, 6) is -0.363. The molecule has 0 radical (unpaired) electrons. The molecule has 3 heteroatoms. The van der Waals surface area contributed by atoms with Gasteiger partial charge in [-0.05, 0) is 13.8 Å². The highest BCUT2D eigenvalue weighted by molar-refractivity contribution is 9.09. The van der Waals surface area contributed by atoms with Gasteiger partial charge in [-0.3, -0.25) is 0 Å². The molecule has 0 aromatic carbocycles. The monoisotopic (exact) mass is 194 g/mol. The summed E-state index contributed by atoms with van der Waals surface area (Å²) in [6.07, 6.45) is 0.236. The van der Waals surface area contributed by atoms with Crippen molar-refractivity contribution in [2.45, 2.75) is 25.7 Å². The van der Waals surface area contributed by atoms with Crippen LogP contribution >= 0.6 is 15.9 Å². The van der Waals surface area contributed by atoms with Crippen molar-refractivity contribution < 1.29 is 9.47 Å². The molecule has 1 rings (SSSR count). The van der Waals surface area contributed by atoms with E-state index in [4.69, 9.17) is 9.47 Å². The van der Waals surface area contributed by atoms with Crippen LogP contribution in [0, 0.1) is 0 Å². The smallest absolute Gasteiger partial charge is 0.163 e. The number of hydrogen-bond donors (Lipinski definition) is 0. The average molecular weight is 195 g/mol. The van der Waals surface area contributed by atoms with Crippen LogP contribution in [-0.2, 0) is 9.47 Å². The third-order valence-corrected chi connectivity index (χ3v) is 1.96. The van der Waals surface area contributed by atoms with E-state index in [1.165, 1.54) is 0 Å². The Kier molecular flexibility index (Phi) is 2.14. The van der Waals surface area contributed by atoms with Crippen molar-refractivity contribution in [2.75, 3.05) is 11.9 Å². The minimum Gasteiger partial charge on any atom is -0.348 e. The highest BCUT2D eigenvalue weighted by Crippen LogP contribution is 2.22. The van der Waals surface area contributed by atoms with E-state index >= 15 is 0 Å². The molecule has 1 aliphatic heterocycles. The zero-order chi connectivity index (χ0) is 6.91. The fourth-order valence-corrected chi connectivity index (χ4v) is 1.16.